The van der Waals surface area contributed by atoms with E-state index in [0.29, 0.717) is 23.6 Å². The van der Waals surface area contributed by atoms with Crippen LogP contribution in [0.2, 0.25) is 0 Å². The zero-order valence-corrected chi connectivity index (χ0v) is 20.7. The second-order valence-corrected chi connectivity index (χ2v) is 10.2. The first-order chi connectivity index (χ1) is 18.5. The average molecular weight is 542 g/mol. The molecule has 3 unspecified atom stereocenters. The van der Waals surface area contributed by atoms with Gasteiger partial charge in [-0.25, -0.2) is 27.8 Å². The van der Waals surface area contributed by atoms with E-state index in [1.165, 1.54) is 6.07 Å². The molecule has 5 heterocycles. The van der Waals surface area contributed by atoms with Crippen molar-refractivity contribution in [1.29, 1.82) is 0 Å². The number of amides is 1. The van der Waals surface area contributed by atoms with Gasteiger partial charge in [0, 0.05) is 30.5 Å². The van der Waals surface area contributed by atoms with Crippen LogP contribution in [0.1, 0.15) is 58.6 Å². The number of nitrogens with one attached hydrogen (secondary N) is 2. The van der Waals surface area contributed by atoms with Crippen LogP contribution < -0.4 is 15.5 Å². The summed E-state index contributed by atoms with van der Waals surface area (Å²) in [6.45, 7) is 0. The third-order valence-electron chi connectivity index (χ3n) is 6.73. The fourth-order valence-electron chi connectivity index (χ4n) is 5.06. The molecule has 6 rings (SSSR count). The van der Waals surface area contributed by atoms with E-state index in [4.69, 9.17) is 0 Å². The first-order valence-corrected chi connectivity index (χ1v) is 12.9. The molecule has 1 amide bonds. The Morgan fingerprint density at radius 3 is 2.84 bits per heavy atom. The van der Waals surface area contributed by atoms with Gasteiger partial charge in [0.2, 0.25) is 0 Å². The minimum atomic E-state index is -2.67. The smallest absolute Gasteiger partial charge is 0.280 e. The molecular weight excluding hydrogens is 519 g/mol. The highest BCUT2D eigenvalue weighted by Gasteiger charge is 2.40. The van der Waals surface area contributed by atoms with Crippen LogP contribution in [-0.4, -0.2) is 47.9 Å². The summed E-state index contributed by atoms with van der Waals surface area (Å²) in [5.41, 5.74) is 1.77. The third-order valence-corrected chi connectivity index (χ3v) is 7.73. The molecule has 3 atom stereocenters. The SMILES string of the molecule is O=C(NC1CCCC(N2c3cc(-n4ccnn4)ncc3NC2c2ncccc2F)C1)c1ncc(C(F)F)s1. The summed E-state index contributed by atoms with van der Waals surface area (Å²) in [5.74, 6) is -0.363. The first-order valence-electron chi connectivity index (χ1n) is 12.0. The number of anilines is 2. The van der Waals surface area contributed by atoms with E-state index in [1.54, 1.807) is 35.5 Å². The highest BCUT2D eigenvalue weighted by Crippen LogP contribution is 2.45. The molecule has 2 N–H and O–H groups in total. The summed E-state index contributed by atoms with van der Waals surface area (Å²) in [6, 6.07) is 4.47. The molecule has 196 valence electrons. The fourth-order valence-corrected chi connectivity index (χ4v) is 5.74. The van der Waals surface area contributed by atoms with Crippen molar-refractivity contribution in [2.75, 3.05) is 10.2 Å². The number of hydrogen-bond donors (Lipinski definition) is 2. The van der Waals surface area contributed by atoms with Gasteiger partial charge in [0.25, 0.3) is 12.3 Å². The molecule has 10 nitrogen and oxygen atoms in total. The van der Waals surface area contributed by atoms with Crippen molar-refractivity contribution in [3.8, 4) is 5.82 Å². The van der Waals surface area contributed by atoms with Crippen LogP contribution in [0.4, 0.5) is 24.5 Å². The zero-order chi connectivity index (χ0) is 26.2. The monoisotopic (exact) mass is 541 g/mol. The van der Waals surface area contributed by atoms with Gasteiger partial charge in [-0.05, 0) is 37.8 Å². The van der Waals surface area contributed by atoms with E-state index in [1.807, 2.05) is 6.07 Å². The minimum Gasteiger partial charge on any atom is -0.357 e. The summed E-state index contributed by atoms with van der Waals surface area (Å²) in [6.07, 6.45) is 7.12. The topological polar surface area (TPSA) is 114 Å². The summed E-state index contributed by atoms with van der Waals surface area (Å²) in [7, 11) is 0. The maximum absolute atomic E-state index is 14.9. The van der Waals surface area contributed by atoms with Crippen LogP contribution in [0.5, 0.6) is 0 Å². The summed E-state index contributed by atoms with van der Waals surface area (Å²) in [5, 5.41) is 14.2. The van der Waals surface area contributed by atoms with E-state index < -0.39 is 24.3 Å². The molecule has 14 heteroatoms. The lowest BCUT2D eigenvalue weighted by atomic mass is 9.89. The van der Waals surface area contributed by atoms with Crippen LogP contribution in [0.15, 0.2) is 49.2 Å². The van der Waals surface area contributed by atoms with Crippen LogP contribution in [0.3, 0.4) is 0 Å². The maximum atomic E-state index is 14.9. The van der Waals surface area contributed by atoms with Gasteiger partial charge in [-0.15, -0.1) is 16.4 Å². The number of carbonyl (C=O) groups is 1. The Hall–Kier alpha value is -4.07. The van der Waals surface area contributed by atoms with E-state index in [0.717, 1.165) is 36.8 Å². The summed E-state index contributed by atoms with van der Waals surface area (Å²) < 4.78 is 42.4. The van der Waals surface area contributed by atoms with Crippen molar-refractivity contribution in [2.45, 2.75) is 50.4 Å². The molecule has 1 aliphatic carbocycles. The molecule has 1 fully saturated rings. The quantitative estimate of drug-likeness (QED) is 0.372. The van der Waals surface area contributed by atoms with E-state index in [2.05, 4.69) is 40.8 Å². The minimum absolute atomic E-state index is 0.00703. The number of nitrogens with zero attached hydrogens (tertiary/aromatic N) is 7. The van der Waals surface area contributed by atoms with Crippen molar-refractivity contribution in [2.24, 2.45) is 0 Å². The number of rotatable bonds is 6. The Morgan fingerprint density at radius 1 is 1.18 bits per heavy atom. The summed E-state index contributed by atoms with van der Waals surface area (Å²) in [4.78, 5) is 27.3. The van der Waals surface area contributed by atoms with Crippen molar-refractivity contribution >= 4 is 28.6 Å². The predicted octanol–water partition coefficient (Wildman–Crippen LogP) is 4.26. The lowest BCUT2D eigenvalue weighted by Crippen LogP contribution is -2.47. The van der Waals surface area contributed by atoms with E-state index in [9.17, 15) is 18.0 Å². The third kappa shape index (κ3) is 4.55. The molecule has 1 saturated carbocycles. The van der Waals surface area contributed by atoms with Crippen LogP contribution >= 0.6 is 11.3 Å². The number of fused-ring (bicyclic) bond motifs is 1. The molecule has 0 aromatic carbocycles. The van der Waals surface area contributed by atoms with Crippen LogP contribution in [0.25, 0.3) is 5.82 Å². The van der Waals surface area contributed by atoms with E-state index in [-0.39, 0.29) is 27.7 Å². The Bertz CT molecular complexity index is 1450. The average Bonchev–Trinajstić information content (AvgIpc) is 3.69. The number of aromatic nitrogens is 6. The number of hydrogen-bond acceptors (Lipinski definition) is 9. The van der Waals surface area contributed by atoms with Crippen molar-refractivity contribution in [1.82, 2.24) is 35.3 Å². The van der Waals surface area contributed by atoms with Gasteiger partial charge in [0.1, 0.15) is 17.7 Å². The maximum Gasteiger partial charge on any atom is 0.280 e. The Balaban J connectivity index is 1.29. The number of alkyl halides is 2. The Morgan fingerprint density at radius 2 is 2.08 bits per heavy atom. The van der Waals surface area contributed by atoms with Gasteiger partial charge in [0.15, 0.2) is 10.8 Å². The molecule has 0 saturated heterocycles. The normalized spacial score (nSPS) is 20.8. The highest BCUT2D eigenvalue weighted by molar-refractivity contribution is 7.13. The second-order valence-electron chi connectivity index (χ2n) is 9.09. The van der Waals surface area contributed by atoms with Crippen LogP contribution in [-0.2, 0) is 0 Å². The van der Waals surface area contributed by atoms with Crippen molar-refractivity contribution < 1.29 is 18.0 Å². The lowest BCUT2D eigenvalue weighted by Gasteiger charge is -2.39. The second kappa shape index (κ2) is 10.0. The number of pyridine rings is 2. The molecule has 4 aromatic heterocycles. The number of halogens is 3. The van der Waals surface area contributed by atoms with Crippen molar-refractivity contribution in [3.05, 3.63) is 70.6 Å². The number of carbonyl (C=O) groups excluding carboxylic acids is 1. The van der Waals surface area contributed by atoms with Gasteiger partial charge in [-0.3, -0.25) is 9.78 Å². The van der Waals surface area contributed by atoms with Crippen molar-refractivity contribution in [3.63, 3.8) is 0 Å². The molecule has 0 radical (unpaired) electrons. The largest absolute Gasteiger partial charge is 0.357 e. The highest BCUT2D eigenvalue weighted by atomic mass is 32.1. The molecule has 2 aliphatic rings. The number of thiazole rings is 1. The first kappa shape index (κ1) is 24.3. The molecule has 0 bridgehead atoms. The molecule has 38 heavy (non-hydrogen) atoms. The van der Waals surface area contributed by atoms with Crippen LogP contribution in [0, 0.1) is 5.82 Å². The predicted molar refractivity (Wildman–Crippen MR) is 133 cm³/mol. The lowest BCUT2D eigenvalue weighted by molar-refractivity contribution is 0.0924. The Labute approximate surface area is 218 Å². The van der Waals surface area contributed by atoms with Gasteiger partial charge in [-0.1, -0.05) is 5.21 Å². The summed E-state index contributed by atoms with van der Waals surface area (Å²) >= 11 is 0.690. The van der Waals surface area contributed by atoms with Gasteiger partial charge in [0.05, 0.1) is 34.8 Å². The Kier molecular flexibility index (Phi) is 6.39. The van der Waals surface area contributed by atoms with Gasteiger partial charge in [-0.2, -0.15) is 0 Å². The van der Waals surface area contributed by atoms with Gasteiger partial charge < -0.3 is 15.5 Å². The zero-order valence-electron chi connectivity index (χ0n) is 19.8. The molecule has 0 spiro atoms. The van der Waals surface area contributed by atoms with Gasteiger partial charge >= 0.3 is 0 Å². The fraction of sp³-hybridized carbons (Fsp3) is 0.333. The molecule has 4 aromatic rings. The standard InChI is InChI=1S/C24H22F3N9OS/c25-15-5-2-6-28-20(15)22-33-16-11-29-19(35-8-7-31-34-35)10-17(16)36(22)14-4-1-3-13(9-14)32-23(37)24-30-12-18(38-24)21(26)27/h2,5-8,10-14,21-22,33H,1,3-4,9H2,(H,32,37). The van der Waals surface area contributed by atoms with E-state index >= 15 is 0 Å². The molecular formula is C24H22F3N9OS. The molecule has 1 aliphatic heterocycles.